The number of aryl methyl sites for hydroxylation is 1. The number of hydrogen-bond donors (Lipinski definition) is 0. The Labute approximate surface area is 92.4 Å². The Hall–Kier alpha value is -0.300. The van der Waals surface area contributed by atoms with Crippen LogP contribution in [0.25, 0.3) is 0 Å². The minimum absolute atomic E-state index is 0.784. The van der Waals surface area contributed by atoms with Gasteiger partial charge in [0.15, 0.2) is 0 Å². The van der Waals surface area contributed by atoms with Crippen LogP contribution in [-0.4, -0.2) is 0 Å². The largest absolute Gasteiger partial charge is 0.145 e. The summed E-state index contributed by atoms with van der Waals surface area (Å²) in [6, 6.07) is 4.62. The molecule has 0 radical (unpaired) electrons. The lowest BCUT2D eigenvalue weighted by molar-refractivity contribution is 0.590. The van der Waals surface area contributed by atoms with Gasteiger partial charge >= 0.3 is 0 Å². The molecule has 0 aliphatic rings. The van der Waals surface area contributed by atoms with Gasteiger partial charge in [-0.1, -0.05) is 27.7 Å². The molecule has 0 nitrogen and oxygen atoms in total. The smallest absolute Gasteiger partial charge is 0.00507 e. The number of hydrogen-bond acceptors (Lipinski definition) is 1. The Bertz CT molecular complexity index is 258. The van der Waals surface area contributed by atoms with E-state index in [0.717, 1.165) is 11.8 Å². The molecule has 1 heterocycles. The van der Waals surface area contributed by atoms with Crippen LogP contribution in [0.15, 0.2) is 12.1 Å². The molecule has 0 bridgehead atoms. The van der Waals surface area contributed by atoms with Gasteiger partial charge in [0.25, 0.3) is 0 Å². The van der Waals surface area contributed by atoms with Gasteiger partial charge in [-0.15, -0.1) is 11.3 Å². The molecule has 80 valence electrons. The van der Waals surface area contributed by atoms with Gasteiger partial charge < -0.3 is 0 Å². The first kappa shape index (κ1) is 11.8. The van der Waals surface area contributed by atoms with E-state index < -0.39 is 0 Å². The van der Waals surface area contributed by atoms with Gasteiger partial charge in [0.2, 0.25) is 0 Å². The van der Waals surface area contributed by atoms with E-state index in [-0.39, 0.29) is 0 Å². The summed E-state index contributed by atoms with van der Waals surface area (Å²) >= 11 is 2.00. The molecule has 0 amide bonds. The third kappa shape index (κ3) is 4.28. The van der Waals surface area contributed by atoms with Crippen molar-refractivity contribution < 1.29 is 0 Å². The topological polar surface area (TPSA) is 0 Å². The minimum Gasteiger partial charge on any atom is -0.145 e. The summed E-state index contributed by atoms with van der Waals surface area (Å²) in [4.78, 5) is 3.12. The van der Waals surface area contributed by atoms with E-state index in [1.165, 1.54) is 19.3 Å². The van der Waals surface area contributed by atoms with Crippen LogP contribution in [0.1, 0.15) is 43.9 Å². The van der Waals surface area contributed by atoms with Crippen LogP contribution in [0.5, 0.6) is 0 Å². The van der Waals surface area contributed by atoms with Crippen molar-refractivity contribution in [3.8, 4) is 0 Å². The molecular weight excluding hydrogens is 188 g/mol. The van der Waals surface area contributed by atoms with Crippen LogP contribution in [0, 0.1) is 11.8 Å². The van der Waals surface area contributed by atoms with Crippen LogP contribution in [0.2, 0.25) is 0 Å². The molecule has 0 aliphatic carbocycles. The summed E-state index contributed by atoms with van der Waals surface area (Å²) in [6.07, 6.45) is 3.83. The third-order valence-electron chi connectivity index (χ3n) is 2.29. The Morgan fingerprint density at radius 3 is 2.21 bits per heavy atom. The zero-order valence-electron chi connectivity index (χ0n) is 9.84. The van der Waals surface area contributed by atoms with Gasteiger partial charge in [-0.05, 0) is 43.2 Å². The van der Waals surface area contributed by atoms with Crippen molar-refractivity contribution in [3.05, 3.63) is 21.9 Å². The second-order valence-corrected chi connectivity index (χ2v) is 6.15. The Morgan fingerprint density at radius 1 is 1.00 bits per heavy atom. The lowest BCUT2D eigenvalue weighted by Gasteiger charge is -2.02. The van der Waals surface area contributed by atoms with Crippen molar-refractivity contribution in [1.29, 1.82) is 0 Å². The normalized spacial score (nSPS) is 11.6. The van der Waals surface area contributed by atoms with E-state index in [0.29, 0.717) is 0 Å². The van der Waals surface area contributed by atoms with Crippen molar-refractivity contribution in [3.63, 3.8) is 0 Å². The van der Waals surface area contributed by atoms with Crippen LogP contribution in [-0.2, 0) is 12.8 Å². The van der Waals surface area contributed by atoms with Crippen molar-refractivity contribution in [1.82, 2.24) is 0 Å². The minimum atomic E-state index is 0.784. The van der Waals surface area contributed by atoms with Crippen LogP contribution in [0.4, 0.5) is 0 Å². The molecule has 1 rings (SSSR count). The fourth-order valence-corrected chi connectivity index (χ4v) is 2.75. The Morgan fingerprint density at radius 2 is 1.64 bits per heavy atom. The molecular formula is C13H22S. The SMILES string of the molecule is CC(C)CCc1ccc(CC(C)C)s1. The number of rotatable bonds is 5. The Kier molecular flexibility index (Phi) is 4.67. The molecule has 0 unspecified atom stereocenters. The molecule has 1 aromatic rings. The molecule has 0 fully saturated rings. The quantitative estimate of drug-likeness (QED) is 0.669. The van der Waals surface area contributed by atoms with Crippen LogP contribution >= 0.6 is 11.3 Å². The van der Waals surface area contributed by atoms with Gasteiger partial charge in [-0.2, -0.15) is 0 Å². The predicted octanol–water partition coefficient (Wildman–Crippen LogP) is 4.54. The summed E-state index contributed by atoms with van der Waals surface area (Å²) in [5.41, 5.74) is 0. The van der Waals surface area contributed by atoms with Gasteiger partial charge in [-0.25, -0.2) is 0 Å². The highest BCUT2D eigenvalue weighted by atomic mass is 32.1. The van der Waals surface area contributed by atoms with Crippen LogP contribution < -0.4 is 0 Å². The first-order chi connectivity index (χ1) is 6.58. The zero-order chi connectivity index (χ0) is 10.6. The van der Waals surface area contributed by atoms with Gasteiger partial charge in [0.1, 0.15) is 0 Å². The third-order valence-corrected chi connectivity index (χ3v) is 3.46. The maximum atomic E-state index is 2.31. The highest BCUT2D eigenvalue weighted by Gasteiger charge is 2.03. The van der Waals surface area contributed by atoms with Gasteiger partial charge in [0.05, 0.1) is 0 Å². The van der Waals surface area contributed by atoms with E-state index in [9.17, 15) is 0 Å². The molecule has 14 heavy (non-hydrogen) atoms. The summed E-state index contributed by atoms with van der Waals surface area (Å²) in [6.45, 7) is 9.16. The lowest BCUT2D eigenvalue weighted by atomic mass is 10.1. The summed E-state index contributed by atoms with van der Waals surface area (Å²) in [5, 5.41) is 0. The van der Waals surface area contributed by atoms with E-state index >= 15 is 0 Å². The standard InChI is InChI=1S/C13H22S/c1-10(2)5-6-12-7-8-13(14-12)9-11(3)4/h7-8,10-11H,5-6,9H2,1-4H3. The maximum absolute atomic E-state index is 2.31. The number of thiophene rings is 1. The molecule has 0 spiro atoms. The second kappa shape index (κ2) is 5.55. The van der Waals surface area contributed by atoms with Crippen LogP contribution in [0.3, 0.4) is 0 Å². The fraction of sp³-hybridized carbons (Fsp3) is 0.692. The highest BCUT2D eigenvalue weighted by molar-refractivity contribution is 7.11. The van der Waals surface area contributed by atoms with Gasteiger partial charge in [-0.3, -0.25) is 0 Å². The summed E-state index contributed by atoms with van der Waals surface area (Å²) in [5.74, 6) is 1.61. The summed E-state index contributed by atoms with van der Waals surface area (Å²) in [7, 11) is 0. The lowest BCUT2D eigenvalue weighted by Crippen LogP contribution is -1.90. The van der Waals surface area contributed by atoms with E-state index in [2.05, 4.69) is 39.8 Å². The Balaban J connectivity index is 2.42. The molecule has 0 atom stereocenters. The van der Waals surface area contributed by atoms with E-state index in [1.54, 1.807) is 9.75 Å². The first-order valence-corrected chi connectivity index (χ1v) is 6.47. The summed E-state index contributed by atoms with van der Waals surface area (Å²) < 4.78 is 0. The maximum Gasteiger partial charge on any atom is 0.00507 e. The average molecular weight is 210 g/mol. The van der Waals surface area contributed by atoms with E-state index in [1.807, 2.05) is 11.3 Å². The first-order valence-electron chi connectivity index (χ1n) is 5.65. The van der Waals surface area contributed by atoms with Gasteiger partial charge in [0, 0.05) is 9.75 Å². The van der Waals surface area contributed by atoms with Crippen molar-refractivity contribution in [2.75, 3.05) is 0 Å². The van der Waals surface area contributed by atoms with Crippen molar-refractivity contribution >= 4 is 11.3 Å². The highest BCUT2D eigenvalue weighted by Crippen LogP contribution is 2.21. The molecule has 1 heteroatoms. The predicted molar refractivity (Wildman–Crippen MR) is 66.0 cm³/mol. The van der Waals surface area contributed by atoms with Crippen molar-refractivity contribution in [2.45, 2.75) is 47.0 Å². The van der Waals surface area contributed by atoms with E-state index in [4.69, 9.17) is 0 Å². The molecule has 0 saturated carbocycles. The molecule has 0 N–H and O–H groups in total. The second-order valence-electron chi connectivity index (χ2n) is 4.90. The monoisotopic (exact) mass is 210 g/mol. The molecule has 0 aliphatic heterocycles. The average Bonchev–Trinajstić information content (AvgIpc) is 2.47. The molecule has 0 saturated heterocycles. The van der Waals surface area contributed by atoms with Crippen molar-refractivity contribution in [2.24, 2.45) is 11.8 Å². The zero-order valence-corrected chi connectivity index (χ0v) is 10.7. The fourth-order valence-electron chi connectivity index (χ4n) is 1.50. The molecule has 0 aromatic carbocycles. The molecule has 1 aromatic heterocycles.